The molecule has 2 aromatic rings. The van der Waals surface area contributed by atoms with Crippen LogP contribution >= 0.6 is 0 Å². The number of aliphatic hydroxyl groups is 1. The van der Waals surface area contributed by atoms with Gasteiger partial charge in [-0.1, -0.05) is 48.5 Å². The van der Waals surface area contributed by atoms with E-state index in [1.807, 2.05) is 10.9 Å². The number of carbonyl (C=O) groups is 2. The number of benzene rings is 2. The van der Waals surface area contributed by atoms with Crippen LogP contribution in [-0.2, 0) is 10.4 Å². The van der Waals surface area contributed by atoms with Crippen LogP contribution in [0.15, 0.2) is 60.7 Å². The summed E-state index contributed by atoms with van der Waals surface area (Å²) in [5.74, 6) is -1.88. The van der Waals surface area contributed by atoms with Gasteiger partial charge in [-0.25, -0.2) is 0 Å². The van der Waals surface area contributed by atoms with E-state index < -0.39 is 35.6 Å². The van der Waals surface area contributed by atoms with Crippen molar-refractivity contribution >= 4 is 11.8 Å². The van der Waals surface area contributed by atoms with E-state index in [0.717, 1.165) is 12.1 Å². The minimum absolute atomic E-state index is 0.219. The second-order valence-corrected chi connectivity index (χ2v) is 5.27. The summed E-state index contributed by atoms with van der Waals surface area (Å²) in [5.41, 5.74) is 0.276. The fraction of sp³-hybridized carbons (Fsp3) is 0.176. The fourth-order valence-electron chi connectivity index (χ4n) is 2.14. The van der Waals surface area contributed by atoms with E-state index in [-0.39, 0.29) is 5.56 Å². The van der Waals surface area contributed by atoms with Crippen molar-refractivity contribution in [3.63, 3.8) is 0 Å². The summed E-state index contributed by atoms with van der Waals surface area (Å²) < 4.78 is 39.9. The number of hydrogen-bond acceptors (Lipinski definition) is 3. The highest BCUT2D eigenvalue weighted by Crippen LogP contribution is 2.41. The van der Waals surface area contributed by atoms with Crippen LogP contribution in [0.2, 0.25) is 0 Å². The van der Waals surface area contributed by atoms with Gasteiger partial charge in [-0.05, 0) is 17.7 Å². The maximum atomic E-state index is 13.3. The Balaban J connectivity index is 2.07. The molecule has 25 heavy (non-hydrogen) atoms. The Labute approximate surface area is 141 Å². The van der Waals surface area contributed by atoms with Gasteiger partial charge in [-0.3, -0.25) is 20.4 Å². The highest BCUT2D eigenvalue weighted by molar-refractivity contribution is 5.95. The molecule has 0 aliphatic carbocycles. The number of nitrogens with one attached hydrogen (secondary N) is 2. The molecule has 3 N–H and O–H groups in total. The van der Waals surface area contributed by atoms with Crippen LogP contribution in [0.25, 0.3) is 0 Å². The second kappa shape index (κ2) is 7.35. The maximum Gasteiger partial charge on any atom is 0.421 e. The third-order valence-electron chi connectivity index (χ3n) is 3.49. The van der Waals surface area contributed by atoms with Gasteiger partial charge in [0.2, 0.25) is 5.91 Å². The molecule has 2 amide bonds. The molecule has 0 unspecified atom stereocenters. The third kappa shape index (κ3) is 4.36. The van der Waals surface area contributed by atoms with Gasteiger partial charge >= 0.3 is 6.18 Å². The molecule has 0 saturated heterocycles. The van der Waals surface area contributed by atoms with Crippen LogP contribution in [0, 0.1) is 0 Å². The zero-order chi connectivity index (χ0) is 18.5. The summed E-state index contributed by atoms with van der Waals surface area (Å²) in [5, 5.41) is 10.1. The predicted octanol–water partition coefficient (Wildman–Crippen LogP) is 2.29. The summed E-state index contributed by atoms with van der Waals surface area (Å²) in [4.78, 5) is 23.6. The quantitative estimate of drug-likeness (QED) is 0.739. The predicted molar refractivity (Wildman–Crippen MR) is 83.1 cm³/mol. The molecule has 0 aliphatic heterocycles. The van der Waals surface area contributed by atoms with Crippen molar-refractivity contribution in [2.24, 2.45) is 0 Å². The van der Waals surface area contributed by atoms with Gasteiger partial charge < -0.3 is 5.11 Å². The van der Waals surface area contributed by atoms with E-state index in [4.69, 9.17) is 0 Å². The van der Waals surface area contributed by atoms with Crippen LogP contribution in [-0.4, -0.2) is 23.1 Å². The van der Waals surface area contributed by atoms with Crippen LogP contribution in [0.5, 0.6) is 0 Å². The lowest BCUT2D eigenvalue weighted by Crippen LogP contribution is -2.49. The Morgan fingerprint density at radius 3 is 1.92 bits per heavy atom. The molecule has 132 valence electrons. The van der Waals surface area contributed by atoms with Crippen LogP contribution in [0.3, 0.4) is 0 Å². The Morgan fingerprint density at radius 2 is 1.40 bits per heavy atom. The summed E-state index contributed by atoms with van der Waals surface area (Å²) in [7, 11) is 0. The molecule has 0 heterocycles. The Kier molecular flexibility index (Phi) is 5.43. The van der Waals surface area contributed by atoms with Crippen molar-refractivity contribution < 1.29 is 27.9 Å². The molecule has 0 bridgehead atoms. The van der Waals surface area contributed by atoms with E-state index in [0.29, 0.717) is 0 Å². The Hall–Kier alpha value is -2.87. The number of carbonyl (C=O) groups excluding carboxylic acids is 2. The highest BCUT2D eigenvalue weighted by Gasteiger charge is 2.56. The molecule has 2 rings (SSSR count). The summed E-state index contributed by atoms with van der Waals surface area (Å²) in [6.45, 7) is 0. The lowest BCUT2D eigenvalue weighted by atomic mass is 9.89. The molecular weight excluding hydrogens is 337 g/mol. The molecule has 0 radical (unpaired) electrons. The normalized spacial score (nSPS) is 13.6. The van der Waals surface area contributed by atoms with Gasteiger partial charge in [-0.2, -0.15) is 13.2 Å². The smallest absolute Gasteiger partial charge is 0.376 e. The molecule has 0 aromatic heterocycles. The van der Waals surface area contributed by atoms with E-state index in [2.05, 4.69) is 0 Å². The Bertz CT molecular complexity index is 736. The lowest BCUT2D eigenvalue weighted by Gasteiger charge is -2.30. The summed E-state index contributed by atoms with van der Waals surface area (Å²) in [6, 6.07) is 14.1. The largest absolute Gasteiger partial charge is 0.421 e. The van der Waals surface area contributed by atoms with E-state index in [1.54, 1.807) is 18.2 Å². The molecule has 2 aromatic carbocycles. The zero-order valence-corrected chi connectivity index (χ0v) is 12.9. The standard InChI is InChI=1S/C17H15F3N2O3/c18-17(19,20)16(25,13-9-5-2-6-10-13)11-14(23)21-22-15(24)12-7-3-1-4-8-12/h1-10,25H,11H2,(H,21,23)(H,22,24)/t16-/m0/s1. The number of halogens is 3. The molecular formula is C17H15F3N2O3. The van der Waals surface area contributed by atoms with Gasteiger partial charge in [0.1, 0.15) is 0 Å². The fourth-order valence-corrected chi connectivity index (χ4v) is 2.14. The topological polar surface area (TPSA) is 78.4 Å². The van der Waals surface area contributed by atoms with Gasteiger partial charge in [0.15, 0.2) is 5.60 Å². The monoisotopic (exact) mass is 352 g/mol. The summed E-state index contributed by atoms with van der Waals surface area (Å²) in [6.07, 6.45) is -6.37. The van der Waals surface area contributed by atoms with Crippen molar-refractivity contribution in [2.45, 2.75) is 18.2 Å². The van der Waals surface area contributed by atoms with Gasteiger partial charge in [0, 0.05) is 5.56 Å². The number of hydrogen-bond donors (Lipinski definition) is 3. The average molecular weight is 352 g/mol. The van der Waals surface area contributed by atoms with E-state index in [1.165, 1.54) is 30.3 Å². The third-order valence-corrected chi connectivity index (χ3v) is 3.49. The molecule has 0 spiro atoms. The van der Waals surface area contributed by atoms with Crippen molar-refractivity contribution in [2.75, 3.05) is 0 Å². The van der Waals surface area contributed by atoms with E-state index in [9.17, 15) is 27.9 Å². The van der Waals surface area contributed by atoms with Crippen LogP contribution in [0.4, 0.5) is 13.2 Å². The minimum Gasteiger partial charge on any atom is -0.376 e. The summed E-state index contributed by atoms with van der Waals surface area (Å²) >= 11 is 0. The molecule has 0 fully saturated rings. The Morgan fingerprint density at radius 1 is 0.880 bits per heavy atom. The van der Waals surface area contributed by atoms with Crippen molar-refractivity contribution in [1.29, 1.82) is 0 Å². The van der Waals surface area contributed by atoms with Gasteiger partial charge in [0.25, 0.3) is 5.91 Å². The van der Waals surface area contributed by atoms with Crippen molar-refractivity contribution in [3.8, 4) is 0 Å². The first kappa shape index (κ1) is 18.5. The molecule has 5 nitrogen and oxygen atoms in total. The molecule has 0 saturated carbocycles. The first-order chi connectivity index (χ1) is 11.7. The first-order valence-electron chi connectivity index (χ1n) is 7.23. The average Bonchev–Trinajstić information content (AvgIpc) is 2.60. The number of hydrazine groups is 1. The molecule has 1 atom stereocenters. The SMILES string of the molecule is O=C(C[C@](O)(c1ccccc1)C(F)(F)F)NNC(=O)c1ccccc1. The zero-order valence-electron chi connectivity index (χ0n) is 12.9. The van der Waals surface area contributed by atoms with Crippen molar-refractivity contribution in [1.82, 2.24) is 10.9 Å². The number of alkyl halides is 3. The number of rotatable bonds is 4. The van der Waals surface area contributed by atoms with Crippen LogP contribution in [0.1, 0.15) is 22.3 Å². The first-order valence-corrected chi connectivity index (χ1v) is 7.23. The van der Waals surface area contributed by atoms with Gasteiger partial charge in [0.05, 0.1) is 6.42 Å². The number of amides is 2. The lowest BCUT2D eigenvalue weighted by molar-refractivity contribution is -0.267. The van der Waals surface area contributed by atoms with E-state index >= 15 is 0 Å². The maximum absolute atomic E-state index is 13.3. The second-order valence-electron chi connectivity index (χ2n) is 5.27. The van der Waals surface area contributed by atoms with Crippen LogP contribution < -0.4 is 10.9 Å². The minimum atomic E-state index is -5.07. The molecule has 0 aliphatic rings. The highest BCUT2D eigenvalue weighted by atomic mass is 19.4. The van der Waals surface area contributed by atoms with Gasteiger partial charge in [-0.15, -0.1) is 0 Å². The molecule has 8 heteroatoms. The van der Waals surface area contributed by atoms with Crippen molar-refractivity contribution in [3.05, 3.63) is 71.8 Å².